The van der Waals surface area contributed by atoms with Crippen LogP contribution in [0, 0.1) is 0 Å². The Hall–Kier alpha value is -0.0551. The molecule has 2 N–H and O–H groups in total. The molecule has 0 spiro atoms. The van der Waals surface area contributed by atoms with Crippen molar-refractivity contribution in [3.63, 3.8) is 0 Å². The second-order valence-electron chi connectivity index (χ2n) is 3.67. The lowest BCUT2D eigenvalue weighted by Gasteiger charge is -2.02. The topological polar surface area (TPSA) is 49.7 Å². The minimum Gasteiger partial charge on any atom is -0.402 e. The van der Waals surface area contributed by atoms with E-state index in [9.17, 15) is 0 Å². The lowest BCUT2D eigenvalue weighted by atomic mass is 10.1. The van der Waals surface area contributed by atoms with Crippen LogP contribution >= 0.6 is 0 Å². The number of rotatable bonds is 10. The van der Waals surface area contributed by atoms with Gasteiger partial charge in [-0.3, -0.25) is 0 Å². The van der Waals surface area contributed by atoms with E-state index in [0.717, 1.165) is 12.8 Å². The highest BCUT2D eigenvalue weighted by Crippen LogP contribution is 2.08. The number of unbranched alkanes of at least 4 members (excludes halogenated alkanes) is 7. The van der Waals surface area contributed by atoms with Gasteiger partial charge in [0, 0.05) is 6.61 Å². The maximum absolute atomic E-state index is 8.39. The minimum atomic E-state index is -1.60. The van der Waals surface area contributed by atoms with Gasteiger partial charge in [-0.1, -0.05) is 51.9 Å². The predicted octanol–water partition coefficient (Wildman–Crippen LogP) is 2.11. The van der Waals surface area contributed by atoms with E-state index in [2.05, 4.69) is 11.6 Å². The molecule has 14 heavy (non-hydrogen) atoms. The summed E-state index contributed by atoms with van der Waals surface area (Å²) in [6.07, 6.45) is 9.89. The Kier molecular flexibility index (Phi) is 11.0. The van der Waals surface area contributed by atoms with Gasteiger partial charge in [0.05, 0.1) is 0 Å². The van der Waals surface area contributed by atoms with Crippen LogP contribution in [0.5, 0.6) is 0 Å². The Morgan fingerprint density at radius 2 is 1.36 bits per heavy atom. The smallest absolute Gasteiger partial charge is 0.402 e. The summed E-state index contributed by atoms with van der Waals surface area (Å²) in [5.74, 6) is 0. The Morgan fingerprint density at radius 1 is 0.857 bits per heavy atom. The van der Waals surface area contributed by atoms with E-state index in [1.165, 1.54) is 38.5 Å². The fourth-order valence-electron chi connectivity index (χ4n) is 1.42. The SMILES string of the molecule is CCCCCCCCCCOB(O)O. The zero-order valence-corrected chi connectivity index (χ0v) is 9.24. The van der Waals surface area contributed by atoms with Crippen LogP contribution in [0.15, 0.2) is 0 Å². The molecular weight excluding hydrogens is 179 g/mol. The van der Waals surface area contributed by atoms with Crippen molar-refractivity contribution >= 4 is 7.32 Å². The third kappa shape index (κ3) is 11.9. The van der Waals surface area contributed by atoms with E-state index in [4.69, 9.17) is 10.0 Å². The molecule has 0 heterocycles. The Labute approximate surface area is 87.7 Å². The third-order valence-corrected chi connectivity index (χ3v) is 2.26. The third-order valence-electron chi connectivity index (χ3n) is 2.26. The molecule has 0 amide bonds. The normalized spacial score (nSPS) is 10.5. The van der Waals surface area contributed by atoms with Gasteiger partial charge in [-0.2, -0.15) is 0 Å². The highest BCUT2D eigenvalue weighted by molar-refractivity contribution is 6.32. The molecule has 0 saturated carbocycles. The summed E-state index contributed by atoms with van der Waals surface area (Å²) in [6.45, 7) is 2.67. The van der Waals surface area contributed by atoms with E-state index in [1.54, 1.807) is 0 Å². The Morgan fingerprint density at radius 3 is 1.86 bits per heavy atom. The largest absolute Gasteiger partial charge is 0.633 e. The summed E-state index contributed by atoms with van der Waals surface area (Å²) in [5, 5.41) is 16.8. The Bertz CT molecular complexity index is 110. The molecule has 0 atom stereocenters. The highest BCUT2D eigenvalue weighted by atomic mass is 16.6. The van der Waals surface area contributed by atoms with Gasteiger partial charge in [0.15, 0.2) is 0 Å². The molecule has 0 unspecified atom stereocenters. The molecule has 84 valence electrons. The van der Waals surface area contributed by atoms with Crippen molar-refractivity contribution in [2.75, 3.05) is 6.61 Å². The molecular formula is C10H23BO3. The molecule has 0 aromatic heterocycles. The average molecular weight is 202 g/mol. The molecule has 4 heteroatoms. The van der Waals surface area contributed by atoms with Crippen molar-refractivity contribution in [3.8, 4) is 0 Å². The van der Waals surface area contributed by atoms with Gasteiger partial charge in [-0.05, 0) is 6.42 Å². The molecule has 0 radical (unpaired) electrons. The molecule has 0 rings (SSSR count). The van der Waals surface area contributed by atoms with Gasteiger partial charge in [0.1, 0.15) is 0 Å². The van der Waals surface area contributed by atoms with Crippen LogP contribution in [0.25, 0.3) is 0 Å². The lowest BCUT2D eigenvalue weighted by molar-refractivity contribution is 0.182. The van der Waals surface area contributed by atoms with Gasteiger partial charge >= 0.3 is 7.32 Å². The molecule has 0 bridgehead atoms. The molecule has 3 nitrogen and oxygen atoms in total. The molecule has 0 aromatic rings. The van der Waals surface area contributed by atoms with Crippen LogP contribution in [-0.2, 0) is 4.65 Å². The molecule has 0 aliphatic carbocycles. The first-order valence-corrected chi connectivity index (χ1v) is 5.75. The molecule has 0 aliphatic heterocycles. The van der Waals surface area contributed by atoms with Gasteiger partial charge < -0.3 is 14.7 Å². The zero-order valence-electron chi connectivity index (χ0n) is 9.24. The zero-order chi connectivity index (χ0) is 10.6. The van der Waals surface area contributed by atoms with E-state index < -0.39 is 7.32 Å². The monoisotopic (exact) mass is 202 g/mol. The average Bonchev–Trinajstić information content (AvgIpc) is 2.15. The van der Waals surface area contributed by atoms with Gasteiger partial charge in [0.25, 0.3) is 0 Å². The number of hydrogen-bond donors (Lipinski definition) is 2. The van der Waals surface area contributed by atoms with Crippen molar-refractivity contribution in [2.24, 2.45) is 0 Å². The summed E-state index contributed by atoms with van der Waals surface area (Å²) >= 11 is 0. The summed E-state index contributed by atoms with van der Waals surface area (Å²) in [4.78, 5) is 0. The maximum Gasteiger partial charge on any atom is 0.633 e. The standard InChI is InChI=1S/C10H23BO3/c1-2-3-4-5-6-7-8-9-10-14-11(12)13/h12-13H,2-10H2,1H3. The first kappa shape index (κ1) is 13.9. The van der Waals surface area contributed by atoms with Crippen molar-refractivity contribution in [3.05, 3.63) is 0 Å². The molecule has 0 aliphatic rings. The van der Waals surface area contributed by atoms with E-state index in [1.807, 2.05) is 0 Å². The van der Waals surface area contributed by atoms with Crippen molar-refractivity contribution in [2.45, 2.75) is 58.3 Å². The summed E-state index contributed by atoms with van der Waals surface area (Å²) in [7, 11) is -1.60. The second-order valence-corrected chi connectivity index (χ2v) is 3.67. The fourth-order valence-corrected chi connectivity index (χ4v) is 1.42. The molecule has 0 fully saturated rings. The molecule has 0 saturated heterocycles. The Balaban J connectivity index is 2.85. The van der Waals surface area contributed by atoms with Crippen LogP contribution in [0.3, 0.4) is 0 Å². The van der Waals surface area contributed by atoms with Crippen LogP contribution < -0.4 is 0 Å². The van der Waals surface area contributed by atoms with Gasteiger partial charge in [-0.15, -0.1) is 0 Å². The van der Waals surface area contributed by atoms with E-state index in [0.29, 0.717) is 6.61 Å². The van der Waals surface area contributed by atoms with Crippen LogP contribution in [0.1, 0.15) is 58.3 Å². The van der Waals surface area contributed by atoms with Crippen molar-refractivity contribution in [1.82, 2.24) is 0 Å². The highest BCUT2D eigenvalue weighted by Gasteiger charge is 2.06. The van der Waals surface area contributed by atoms with E-state index in [-0.39, 0.29) is 0 Å². The first-order chi connectivity index (χ1) is 6.77. The lowest BCUT2D eigenvalue weighted by Crippen LogP contribution is -2.17. The van der Waals surface area contributed by atoms with Gasteiger partial charge in [-0.25, -0.2) is 0 Å². The fraction of sp³-hybridized carbons (Fsp3) is 1.00. The number of hydrogen-bond acceptors (Lipinski definition) is 3. The first-order valence-electron chi connectivity index (χ1n) is 5.75. The predicted molar refractivity (Wildman–Crippen MR) is 58.8 cm³/mol. The maximum atomic E-state index is 8.39. The van der Waals surface area contributed by atoms with E-state index >= 15 is 0 Å². The van der Waals surface area contributed by atoms with Crippen molar-refractivity contribution < 1.29 is 14.7 Å². The summed E-state index contributed by atoms with van der Waals surface area (Å²) in [6, 6.07) is 0. The molecule has 0 aromatic carbocycles. The minimum absolute atomic E-state index is 0.451. The second kappa shape index (κ2) is 11.0. The summed E-state index contributed by atoms with van der Waals surface area (Å²) in [5.41, 5.74) is 0. The van der Waals surface area contributed by atoms with Crippen LogP contribution in [0.4, 0.5) is 0 Å². The van der Waals surface area contributed by atoms with Crippen LogP contribution in [-0.4, -0.2) is 24.0 Å². The van der Waals surface area contributed by atoms with Crippen molar-refractivity contribution in [1.29, 1.82) is 0 Å². The van der Waals surface area contributed by atoms with Crippen LogP contribution in [0.2, 0.25) is 0 Å². The quantitative estimate of drug-likeness (QED) is 0.421. The van der Waals surface area contributed by atoms with Gasteiger partial charge in [0.2, 0.25) is 0 Å². The summed E-state index contributed by atoms with van der Waals surface area (Å²) < 4.78 is 4.60.